The number of carbonyl (C=O) groups is 1. The van der Waals surface area contributed by atoms with Crippen molar-refractivity contribution in [2.24, 2.45) is 0 Å². The number of benzene rings is 2. The molecule has 0 unspecified atom stereocenters. The Hall–Kier alpha value is -2.18. The first kappa shape index (κ1) is 12.8. The van der Waals surface area contributed by atoms with E-state index in [0.717, 1.165) is 4.90 Å². The summed E-state index contributed by atoms with van der Waals surface area (Å²) < 4.78 is 10.4. The van der Waals surface area contributed by atoms with Gasteiger partial charge in [-0.25, -0.2) is 0 Å². The van der Waals surface area contributed by atoms with Crippen LogP contribution in [-0.4, -0.2) is 12.7 Å². The summed E-state index contributed by atoms with van der Waals surface area (Å²) in [7, 11) is 0. The minimum atomic E-state index is -0.230. The van der Waals surface area contributed by atoms with E-state index in [1.54, 1.807) is 18.2 Å². The maximum atomic E-state index is 12.0. The van der Waals surface area contributed by atoms with Gasteiger partial charge in [-0.3, -0.25) is 10.2 Å². The number of amides is 1. The molecule has 0 spiro atoms. The van der Waals surface area contributed by atoms with Crippen molar-refractivity contribution in [3.63, 3.8) is 0 Å². The van der Waals surface area contributed by atoms with Crippen molar-refractivity contribution >= 4 is 17.9 Å². The standard InChI is InChI=1S/C14H12N2O3S/c17-14(15-16-20-11-4-2-1-3-5-11)10-6-7-12-13(8-10)19-9-18-12/h1-8,16H,9H2,(H,15,17). The zero-order valence-corrected chi connectivity index (χ0v) is 11.3. The molecular formula is C14H12N2O3S. The van der Waals surface area contributed by atoms with Crippen molar-refractivity contribution in [2.75, 3.05) is 6.79 Å². The van der Waals surface area contributed by atoms with Gasteiger partial charge in [0.05, 0.1) is 0 Å². The SMILES string of the molecule is O=C(NNSc1ccccc1)c1ccc2c(c1)OCO2. The summed E-state index contributed by atoms with van der Waals surface area (Å²) in [5.74, 6) is 1.02. The second-order valence-electron chi connectivity index (χ2n) is 4.04. The number of rotatable bonds is 4. The van der Waals surface area contributed by atoms with E-state index in [9.17, 15) is 4.79 Å². The molecule has 0 fully saturated rings. The lowest BCUT2D eigenvalue weighted by Gasteiger charge is -2.07. The molecule has 1 heterocycles. The number of hydrazine groups is 1. The Morgan fingerprint density at radius 2 is 1.85 bits per heavy atom. The van der Waals surface area contributed by atoms with E-state index in [-0.39, 0.29) is 12.7 Å². The predicted molar refractivity (Wildman–Crippen MR) is 75.5 cm³/mol. The number of ether oxygens (including phenoxy) is 2. The molecule has 6 heteroatoms. The fourth-order valence-electron chi connectivity index (χ4n) is 1.73. The highest BCUT2D eigenvalue weighted by molar-refractivity contribution is 7.97. The molecule has 1 aliphatic heterocycles. The van der Waals surface area contributed by atoms with Crippen LogP contribution < -0.4 is 19.7 Å². The Morgan fingerprint density at radius 1 is 1.05 bits per heavy atom. The van der Waals surface area contributed by atoms with E-state index in [2.05, 4.69) is 10.3 Å². The molecule has 0 aliphatic carbocycles. The highest BCUT2D eigenvalue weighted by Crippen LogP contribution is 2.32. The van der Waals surface area contributed by atoms with Crippen molar-refractivity contribution in [1.82, 2.24) is 10.3 Å². The first-order valence-electron chi connectivity index (χ1n) is 6.00. The van der Waals surface area contributed by atoms with E-state index in [1.165, 1.54) is 11.9 Å². The maximum absolute atomic E-state index is 12.0. The molecule has 2 aromatic rings. The Labute approximate surface area is 120 Å². The molecule has 1 amide bonds. The molecule has 0 saturated heterocycles. The lowest BCUT2D eigenvalue weighted by atomic mass is 10.2. The van der Waals surface area contributed by atoms with E-state index < -0.39 is 0 Å². The van der Waals surface area contributed by atoms with Crippen molar-refractivity contribution < 1.29 is 14.3 Å². The smallest absolute Gasteiger partial charge is 0.266 e. The number of carbonyl (C=O) groups excluding carboxylic acids is 1. The molecule has 3 rings (SSSR count). The average molecular weight is 288 g/mol. The van der Waals surface area contributed by atoms with Gasteiger partial charge in [0.2, 0.25) is 6.79 Å². The van der Waals surface area contributed by atoms with Gasteiger partial charge < -0.3 is 9.47 Å². The van der Waals surface area contributed by atoms with Crippen molar-refractivity contribution in [3.05, 3.63) is 54.1 Å². The van der Waals surface area contributed by atoms with Crippen LogP contribution in [0.4, 0.5) is 0 Å². The Balaban J connectivity index is 1.57. The van der Waals surface area contributed by atoms with E-state index in [4.69, 9.17) is 9.47 Å². The van der Waals surface area contributed by atoms with Gasteiger partial charge in [-0.15, -0.1) is 0 Å². The summed E-state index contributed by atoms with van der Waals surface area (Å²) in [6, 6.07) is 14.8. The van der Waals surface area contributed by atoms with E-state index >= 15 is 0 Å². The topological polar surface area (TPSA) is 59.6 Å². The molecule has 5 nitrogen and oxygen atoms in total. The molecule has 20 heavy (non-hydrogen) atoms. The highest BCUT2D eigenvalue weighted by atomic mass is 32.2. The quantitative estimate of drug-likeness (QED) is 0.668. The minimum Gasteiger partial charge on any atom is -0.454 e. The molecule has 0 atom stereocenters. The largest absolute Gasteiger partial charge is 0.454 e. The van der Waals surface area contributed by atoms with Crippen molar-refractivity contribution in [2.45, 2.75) is 4.90 Å². The van der Waals surface area contributed by atoms with Crippen LogP contribution in [0.2, 0.25) is 0 Å². The molecule has 102 valence electrons. The van der Waals surface area contributed by atoms with Gasteiger partial charge in [0, 0.05) is 10.5 Å². The molecule has 2 aromatic carbocycles. The first-order valence-corrected chi connectivity index (χ1v) is 6.81. The molecule has 2 N–H and O–H groups in total. The van der Waals surface area contributed by atoms with Gasteiger partial charge in [-0.1, -0.05) is 18.2 Å². The lowest BCUT2D eigenvalue weighted by Crippen LogP contribution is -2.32. The van der Waals surface area contributed by atoms with E-state index in [0.29, 0.717) is 17.1 Å². The molecule has 0 aromatic heterocycles. The Morgan fingerprint density at radius 3 is 2.70 bits per heavy atom. The summed E-state index contributed by atoms with van der Waals surface area (Å²) >= 11 is 1.33. The molecule has 0 bridgehead atoms. The fourth-order valence-corrected chi connectivity index (χ4v) is 2.28. The van der Waals surface area contributed by atoms with E-state index in [1.807, 2.05) is 30.3 Å². The van der Waals surface area contributed by atoms with Crippen molar-refractivity contribution in [3.8, 4) is 11.5 Å². The van der Waals surface area contributed by atoms with Gasteiger partial charge in [-0.2, -0.15) is 4.83 Å². The predicted octanol–water partition coefficient (Wildman–Crippen LogP) is 2.36. The molecular weight excluding hydrogens is 276 g/mol. The Kier molecular flexibility index (Phi) is 3.76. The van der Waals surface area contributed by atoms with Gasteiger partial charge >= 0.3 is 0 Å². The monoisotopic (exact) mass is 288 g/mol. The normalized spacial score (nSPS) is 12.2. The lowest BCUT2D eigenvalue weighted by molar-refractivity contribution is 0.0946. The van der Waals surface area contributed by atoms with Gasteiger partial charge in [0.25, 0.3) is 5.91 Å². The van der Waals surface area contributed by atoms with Gasteiger partial charge in [-0.05, 0) is 42.3 Å². The third-order valence-corrected chi connectivity index (χ3v) is 3.42. The third kappa shape index (κ3) is 2.87. The fraction of sp³-hybridized carbons (Fsp3) is 0.0714. The summed E-state index contributed by atoms with van der Waals surface area (Å²) in [5, 5.41) is 0. The summed E-state index contributed by atoms with van der Waals surface area (Å²) in [5.41, 5.74) is 3.13. The molecule has 1 aliphatic rings. The van der Waals surface area contributed by atoms with Crippen LogP contribution in [0.25, 0.3) is 0 Å². The first-order chi connectivity index (χ1) is 9.83. The third-order valence-electron chi connectivity index (χ3n) is 2.71. The highest BCUT2D eigenvalue weighted by Gasteiger charge is 2.15. The summed E-state index contributed by atoms with van der Waals surface area (Å²) in [6.45, 7) is 0.197. The number of fused-ring (bicyclic) bond motifs is 1. The van der Waals surface area contributed by atoms with Crippen LogP contribution in [0.3, 0.4) is 0 Å². The van der Waals surface area contributed by atoms with Gasteiger partial charge in [0.1, 0.15) is 0 Å². The van der Waals surface area contributed by atoms with Crippen LogP contribution in [0.15, 0.2) is 53.4 Å². The van der Waals surface area contributed by atoms with Crippen LogP contribution in [0.1, 0.15) is 10.4 Å². The van der Waals surface area contributed by atoms with Crippen LogP contribution in [0, 0.1) is 0 Å². The number of hydrogen-bond acceptors (Lipinski definition) is 5. The zero-order chi connectivity index (χ0) is 13.8. The maximum Gasteiger partial charge on any atom is 0.266 e. The van der Waals surface area contributed by atoms with Gasteiger partial charge in [0.15, 0.2) is 11.5 Å². The second-order valence-corrected chi connectivity index (χ2v) is 4.92. The number of nitrogens with one attached hydrogen (secondary N) is 2. The van der Waals surface area contributed by atoms with Crippen molar-refractivity contribution in [1.29, 1.82) is 0 Å². The summed E-state index contributed by atoms with van der Waals surface area (Å²) in [6.07, 6.45) is 0. The second kappa shape index (κ2) is 5.85. The van der Waals surface area contributed by atoms with Crippen LogP contribution in [0.5, 0.6) is 11.5 Å². The molecule has 0 radical (unpaired) electrons. The van der Waals surface area contributed by atoms with Crippen LogP contribution >= 0.6 is 11.9 Å². The average Bonchev–Trinajstić information content (AvgIpc) is 2.95. The minimum absolute atomic E-state index is 0.197. The molecule has 0 saturated carbocycles. The van der Waals surface area contributed by atoms with Crippen LogP contribution in [-0.2, 0) is 0 Å². The summed E-state index contributed by atoms with van der Waals surface area (Å²) in [4.78, 5) is 15.8. The number of hydrogen-bond donors (Lipinski definition) is 2. The zero-order valence-electron chi connectivity index (χ0n) is 10.5. The Bertz CT molecular complexity index is 619.